The van der Waals surface area contributed by atoms with E-state index >= 15 is 0 Å². The molecule has 23 heavy (non-hydrogen) atoms. The number of sulfonamides is 1. The van der Waals surface area contributed by atoms with Crippen LogP contribution in [-0.2, 0) is 10.0 Å². The topological polar surface area (TPSA) is 89.8 Å². The van der Waals surface area contributed by atoms with E-state index in [1.165, 1.54) is 47.9 Å². The molecule has 2 heterocycles. The molecule has 0 saturated heterocycles. The second-order valence-electron chi connectivity index (χ2n) is 4.45. The summed E-state index contributed by atoms with van der Waals surface area (Å²) in [7, 11) is -3.86. The molecule has 0 amide bonds. The number of aromatic nitrogens is 4. The van der Waals surface area contributed by atoms with Crippen molar-refractivity contribution in [3.63, 3.8) is 0 Å². The monoisotopic (exact) mass is 397 g/mol. The van der Waals surface area contributed by atoms with E-state index in [-0.39, 0.29) is 16.3 Å². The molecule has 0 saturated carbocycles. The van der Waals surface area contributed by atoms with Gasteiger partial charge in [-0.3, -0.25) is 9.71 Å². The first-order valence-corrected chi connectivity index (χ1v) is 8.51. The van der Waals surface area contributed by atoms with E-state index in [9.17, 15) is 12.8 Å². The first kappa shape index (κ1) is 15.6. The zero-order valence-electron chi connectivity index (χ0n) is 11.4. The minimum atomic E-state index is -3.86. The van der Waals surface area contributed by atoms with Crippen LogP contribution >= 0.6 is 15.9 Å². The Morgan fingerprint density at radius 2 is 2.00 bits per heavy atom. The first-order chi connectivity index (χ1) is 11.0. The summed E-state index contributed by atoms with van der Waals surface area (Å²) in [5, 5.41) is 3.82. The fourth-order valence-electron chi connectivity index (χ4n) is 1.84. The van der Waals surface area contributed by atoms with Gasteiger partial charge in [-0.2, -0.15) is 5.10 Å². The van der Waals surface area contributed by atoms with Crippen molar-refractivity contribution >= 4 is 31.6 Å². The number of anilines is 1. The van der Waals surface area contributed by atoms with Crippen LogP contribution in [0.4, 0.5) is 10.1 Å². The van der Waals surface area contributed by atoms with E-state index in [1.807, 2.05) is 0 Å². The van der Waals surface area contributed by atoms with Crippen LogP contribution in [0.2, 0.25) is 0 Å². The maximum atomic E-state index is 14.1. The minimum absolute atomic E-state index is 0.0346. The van der Waals surface area contributed by atoms with Gasteiger partial charge in [-0.25, -0.2) is 22.5 Å². The summed E-state index contributed by atoms with van der Waals surface area (Å²) in [6, 6.07) is 5.31. The summed E-state index contributed by atoms with van der Waals surface area (Å²) >= 11 is 3.15. The number of rotatable bonds is 4. The number of halogens is 2. The molecule has 10 heteroatoms. The number of nitrogens with zero attached hydrogens (tertiary/aromatic N) is 4. The number of hydrogen-bond donors (Lipinski definition) is 1. The van der Waals surface area contributed by atoms with Crippen LogP contribution in [0.1, 0.15) is 0 Å². The lowest BCUT2D eigenvalue weighted by atomic mass is 10.3. The highest BCUT2D eigenvalue weighted by molar-refractivity contribution is 9.10. The van der Waals surface area contributed by atoms with Gasteiger partial charge in [0.1, 0.15) is 23.2 Å². The Hall–Kier alpha value is -2.33. The zero-order chi connectivity index (χ0) is 16.4. The SMILES string of the molecule is O=S(=O)(Nc1ccc(-n2cncn2)c(F)c1)c1cncc(Br)c1. The molecule has 1 aromatic carbocycles. The Labute approximate surface area is 139 Å². The molecule has 3 rings (SSSR count). The number of pyridine rings is 1. The fraction of sp³-hybridized carbons (Fsp3) is 0. The molecule has 1 N–H and O–H groups in total. The summed E-state index contributed by atoms with van der Waals surface area (Å²) in [4.78, 5) is 7.50. The van der Waals surface area contributed by atoms with Crippen molar-refractivity contribution < 1.29 is 12.8 Å². The van der Waals surface area contributed by atoms with Gasteiger partial charge in [-0.1, -0.05) is 0 Å². The van der Waals surface area contributed by atoms with Crippen molar-refractivity contribution in [1.29, 1.82) is 0 Å². The van der Waals surface area contributed by atoms with Crippen LogP contribution in [0.5, 0.6) is 0 Å². The molecular weight excluding hydrogens is 389 g/mol. The van der Waals surface area contributed by atoms with E-state index in [0.29, 0.717) is 4.47 Å². The first-order valence-electron chi connectivity index (χ1n) is 6.24. The van der Waals surface area contributed by atoms with Crippen LogP contribution in [0.3, 0.4) is 0 Å². The third-order valence-corrected chi connectivity index (χ3v) is 4.64. The van der Waals surface area contributed by atoms with Crippen molar-refractivity contribution in [2.45, 2.75) is 4.90 Å². The second kappa shape index (κ2) is 6.05. The predicted octanol–water partition coefficient (Wildman–Crippen LogP) is 2.36. The van der Waals surface area contributed by atoms with Gasteiger partial charge < -0.3 is 0 Å². The molecule has 0 spiro atoms. The van der Waals surface area contributed by atoms with Crippen molar-refractivity contribution in [2.75, 3.05) is 4.72 Å². The lowest BCUT2D eigenvalue weighted by molar-refractivity contribution is 0.600. The van der Waals surface area contributed by atoms with Gasteiger partial charge >= 0.3 is 0 Å². The molecule has 0 fully saturated rings. The van der Waals surface area contributed by atoms with Crippen LogP contribution in [-0.4, -0.2) is 28.2 Å². The normalized spacial score (nSPS) is 11.4. The summed E-state index contributed by atoms with van der Waals surface area (Å²) < 4.78 is 42.7. The Bertz CT molecular complexity index is 947. The molecule has 0 bridgehead atoms. The molecule has 0 unspecified atom stereocenters. The van der Waals surface area contributed by atoms with Gasteiger partial charge in [0.15, 0.2) is 5.82 Å². The molecule has 0 aliphatic heterocycles. The van der Waals surface area contributed by atoms with Crippen LogP contribution in [0, 0.1) is 5.82 Å². The van der Waals surface area contributed by atoms with Crippen LogP contribution in [0.15, 0.2) is 58.7 Å². The lowest BCUT2D eigenvalue weighted by Gasteiger charge is -2.09. The van der Waals surface area contributed by atoms with Gasteiger partial charge in [-0.05, 0) is 34.1 Å². The summed E-state index contributed by atoms with van der Waals surface area (Å²) in [5.41, 5.74) is 0.251. The van der Waals surface area contributed by atoms with E-state index in [0.717, 1.165) is 6.07 Å². The smallest absolute Gasteiger partial charge is 0.263 e. The summed E-state index contributed by atoms with van der Waals surface area (Å²) in [6.45, 7) is 0. The number of nitrogens with one attached hydrogen (secondary N) is 1. The second-order valence-corrected chi connectivity index (χ2v) is 7.05. The highest BCUT2D eigenvalue weighted by Gasteiger charge is 2.16. The van der Waals surface area contributed by atoms with Crippen molar-refractivity contribution in [3.8, 4) is 5.69 Å². The molecule has 0 aliphatic rings. The average molecular weight is 398 g/mol. The Kier molecular flexibility index (Phi) is 4.09. The molecule has 0 radical (unpaired) electrons. The van der Waals surface area contributed by atoms with Crippen LogP contribution in [0.25, 0.3) is 5.69 Å². The molecule has 2 aromatic heterocycles. The quantitative estimate of drug-likeness (QED) is 0.729. The molecule has 0 aliphatic carbocycles. The number of benzene rings is 1. The predicted molar refractivity (Wildman–Crippen MR) is 84.1 cm³/mol. The minimum Gasteiger partial charge on any atom is -0.279 e. The zero-order valence-corrected chi connectivity index (χ0v) is 13.8. The van der Waals surface area contributed by atoms with Crippen molar-refractivity contribution in [1.82, 2.24) is 19.7 Å². The van der Waals surface area contributed by atoms with E-state index in [2.05, 4.69) is 35.7 Å². The van der Waals surface area contributed by atoms with Crippen molar-refractivity contribution in [3.05, 3.63) is 59.6 Å². The molecule has 0 atom stereocenters. The van der Waals surface area contributed by atoms with Gasteiger partial charge in [0.2, 0.25) is 0 Å². The summed E-state index contributed by atoms with van der Waals surface area (Å²) in [6.07, 6.45) is 5.28. The summed E-state index contributed by atoms with van der Waals surface area (Å²) in [5.74, 6) is -0.636. The molecule has 3 aromatic rings. The van der Waals surface area contributed by atoms with Crippen LogP contribution < -0.4 is 4.72 Å². The molecule has 118 valence electrons. The number of hydrogen-bond acceptors (Lipinski definition) is 5. The van der Waals surface area contributed by atoms with Gasteiger partial charge in [0.05, 0.1) is 5.69 Å². The highest BCUT2D eigenvalue weighted by atomic mass is 79.9. The van der Waals surface area contributed by atoms with E-state index in [1.54, 1.807) is 0 Å². The largest absolute Gasteiger partial charge is 0.279 e. The maximum absolute atomic E-state index is 14.1. The Morgan fingerprint density at radius 1 is 1.17 bits per heavy atom. The fourth-order valence-corrected chi connectivity index (χ4v) is 3.40. The standard InChI is InChI=1S/C13H9BrFN5O2S/c14-9-3-11(6-16-5-9)23(21,22)19-10-1-2-13(12(15)4-10)20-8-17-7-18-20/h1-8,19H. The average Bonchev–Trinajstić information content (AvgIpc) is 3.01. The third kappa shape index (κ3) is 3.37. The Morgan fingerprint density at radius 3 is 2.65 bits per heavy atom. The maximum Gasteiger partial charge on any atom is 0.263 e. The highest BCUT2D eigenvalue weighted by Crippen LogP contribution is 2.21. The molecular formula is C13H9BrFN5O2S. The third-order valence-electron chi connectivity index (χ3n) is 2.86. The Balaban J connectivity index is 1.90. The van der Waals surface area contributed by atoms with E-state index in [4.69, 9.17) is 0 Å². The van der Waals surface area contributed by atoms with Crippen molar-refractivity contribution in [2.24, 2.45) is 0 Å². The molecule has 7 nitrogen and oxygen atoms in total. The lowest BCUT2D eigenvalue weighted by Crippen LogP contribution is -2.13. The van der Waals surface area contributed by atoms with Gasteiger partial charge in [0, 0.05) is 22.9 Å². The van der Waals surface area contributed by atoms with E-state index < -0.39 is 15.8 Å². The van der Waals surface area contributed by atoms with Gasteiger partial charge in [-0.15, -0.1) is 0 Å². The van der Waals surface area contributed by atoms with Gasteiger partial charge in [0.25, 0.3) is 10.0 Å².